The average molecular weight is 322 g/mol. The molecule has 0 fully saturated rings. The van der Waals surface area contributed by atoms with Crippen molar-refractivity contribution in [2.45, 2.75) is 9.50 Å². The lowest BCUT2D eigenvalue weighted by molar-refractivity contribution is 0.763. The standard InChI is InChI=1S/C9H10N10S2/c1-18(2)8-16-17-9(21-8)20-7-14-5(10)13-6(15-7)19-4-11-3-12-19/h3-4H,1-2H3,(H2,10,13,14,15). The summed E-state index contributed by atoms with van der Waals surface area (Å²) in [6.45, 7) is 0. The van der Waals surface area contributed by atoms with E-state index in [1.807, 2.05) is 19.0 Å². The number of rotatable bonds is 4. The van der Waals surface area contributed by atoms with Crippen LogP contribution in [0.4, 0.5) is 11.1 Å². The molecular formula is C9H10N10S2. The van der Waals surface area contributed by atoms with Gasteiger partial charge >= 0.3 is 0 Å². The molecule has 3 aromatic rings. The van der Waals surface area contributed by atoms with Crippen molar-refractivity contribution in [1.82, 2.24) is 39.9 Å². The molecule has 0 aliphatic heterocycles. The summed E-state index contributed by atoms with van der Waals surface area (Å²) in [6.07, 6.45) is 2.87. The third-order valence-electron chi connectivity index (χ3n) is 2.20. The minimum atomic E-state index is 0.107. The monoisotopic (exact) mass is 322 g/mol. The molecule has 3 heterocycles. The molecule has 2 N–H and O–H groups in total. The van der Waals surface area contributed by atoms with E-state index < -0.39 is 0 Å². The molecule has 0 saturated heterocycles. The molecule has 0 saturated carbocycles. The minimum Gasteiger partial charge on any atom is -0.368 e. The molecule has 0 spiro atoms. The summed E-state index contributed by atoms with van der Waals surface area (Å²) in [6, 6.07) is 0. The lowest BCUT2D eigenvalue weighted by Gasteiger charge is -2.04. The molecule has 0 radical (unpaired) electrons. The topological polar surface area (TPSA) is 124 Å². The molecule has 0 aliphatic rings. The molecule has 0 aliphatic carbocycles. The van der Waals surface area contributed by atoms with Crippen LogP contribution in [-0.2, 0) is 0 Å². The van der Waals surface area contributed by atoms with Crippen LogP contribution >= 0.6 is 23.1 Å². The Labute approximate surface area is 127 Å². The highest BCUT2D eigenvalue weighted by Crippen LogP contribution is 2.30. The first-order valence-electron chi connectivity index (χ1n) is 5.67. The van der Waals surface area contributed by atoms with Gasteiger partial charge in [-0.2, -0.15) is 24.7 Å². The highest BCUT2D eigenvalue weighted by molar-refractivity contribution is 8.00. The molecule has 0 aromatic carbocycles. The molecule has 10 nitrogen and oxygen atoms in total. The number of hydrogen-bond donors (Lipinski definition) is 1. The van der Waals surface area contributed by atoms with Gasteiger partial charge in [-0.3, -0.25) is 0 Å². The highest BCUT2D eigenvalue weighted by atomic mass is 32.2. The van der Waals surface area contributed by atoms with E-state index >= 15 is 0 Å². The molecule has 3 rings (SSSR count). The van der Waals surface area contributed by atoms with Crippen molar-refractivity contribution < 1.29 is 0 Å². The maximum Gasteiger partial charge on any atom is 0.257 e. The zero-order chi connectivity index (χ0) is 14.8. The maximum absolute atomic E-state index is 5.69. The Balaban J connectivity index is 1.88. The zero-order valence-corrected chi connectivity index (χ0v) is 12.7. The molecular weight excluding hydrogens is 312 g/mol. The molecule has 0 bridgehead atoms. The van der Waals surface area contributed by atoms with Crippen molar-refractivity contribution in [3.63, 3.8) is 0 Å². The van der Waals surface area contributed by atoms with Gasteiger partial charge in [-0.1, -0.05) is 11.3 Å². The number of nitrogens with two attached hydrogens (primary N) is 1. The van der Waals surface area contributed by atoms with Gasteiger partial charge in [-0.05, 0) is 11.8 Å². The fraction of sp³-hybridized carbons (Fsp3) is 0.222. The minimum absolute atomic E-state index is 0.107. The molecule has 3 aromatic heterocycles. The van der Waals surface area contributed by atoms with Gasteiger partial charge in [0.05, 0.1) is 0 Å². The molecule has 0 atom stereocenters. The molecule has 21 heavy (non-hydrogen) atoms. The van der Waals surface area contributed by atoms with E-state index in [4.69, 9.17) is 5.73 Å². The van der Waals surface area contributed by atoms with Crippen LogP contribution in [0.3, 0.4) is 0 Å². The lowest BCUT2D eigenvalue weighted by Crippen LogP contribution is -2.07. The number of hydrogen-bond acceptors (Lipinski definition) is 11. The highest BCUT2D eigenvalue weighted by Gasteiger charge is 2.12. The van der Waals surface area contributed by atoms with Crippen molar-refractivity contribution in [2.24, 2.45) is 0 Å². The third-order valence-corrected chi connectivity index (χ3v) is 4.21. The normalized spacial score (nSPS) is 10.8. The second kappa shape index (κ2) is 5.57. The Kier molecular flexibility index (Phi) is 3.62. The Morgan fingerprint density at radius 1 is 1.24 bits per heavy atom. The van der Waals surface area contributed by atoms with Gasteiger partial charge in [0.15, 0.2) is 4.34 Å². The first-order valence-corrected chi connectivity index (χ1v) is 7.30. The van der Waals surface area contributed by atoms with Gasteiger partial charge < -0.3 is 10.6 Å². The Bertz CT molecular complexity index is 737. The van der Waals surface area contributed by atoms with Crippen LogP contribution in [0.15, 0.2) is 22.2 Å². The van der Waals surface area contributed by atoms with E-state index in [2.05, 4.69) is 35.2 Å². The second-order valence-electron chi connectivity index (χ2n) is 3.96. The van der Waals surface area contributed by atoms with Crippen molar-refractivity contribution in [3.8, 4) is 5.95 Å². The van der Waals surface area contributed by atoms with Crippen molar-refractivity contribution >= 4 is 34.2 Å². The van der Waals surface area contributed by atoms with Gasteiger partial charge in [0.1, 0.15) is 12.7 Å². The fourth-order valence-electron chi connectivity index (χ4n) is 1.32. The van der Waals surface area contributed by atoms with E-state index in [0.717, 1.165) is 5.13 Å². The van der Waals surface area contributed by atoms with Crippen molar-refractivity contribution in [1.29, 1.82) is 0 Å². The molecule has 108 valence electrons. The summed E-state index contributed by atoms with van der Waals surface area (Å²) < 4.78 is 2.13. The van der Waals surface area contributed by atoms with E-state index in [0.29, 0.717) is 15.4 Å². The summed E-state index contributed by atoms with van der Waals surface area (Å²) in [5.41, 5.74) is 5.69. The average Bonchev–Trinajstić information content (AvgIpc) is 3.08. The van der Waals surface area contributed by atoms with Crippen LogP contribution in [0.1, 0.15) is 0 Å². The summed E-state index contributed by atoms with van der Waals surface area (Å²) in [5, 5.41) is 13.3. The first kappa shape index (κ1) is 13.6. The van der Waals surface area contributed by atoms with E-state index in [1.165, 1.54) is 40.4 Å². The number of anilines is 2. The first-order chi connectivity index (χ1) is 10.1. The number of nitrogens with zero attached hydrogens (tertiary/aromatic N) is 9. The number of nitrogen functional groups attached to an aromatic ring is 1. The fourth-order valence-corrected chi connectivity index (χ4v) is 2.94. The van der Waals surface area contributed by atoms with Gasteiger partial charge in [0.25, 0.3) is 5.95 Å². The van der Waals surface area contributed by atoms with Crippen molar-refractivity contribution in [3.05, 3.63) is 12.7 Å². The van der Waals surface area contributed by atoms with Crippen LogP contribution in [0.5, 0.6) is 0 Å². The van der Waals surface area contributed by atoms with Gasteiger partial charge in [-0.15, -0.1) is 10.2 Å². The molecule has 0 amide bonds. The van der Waals surface area contributed by atoms with E-state index in [1.54, 1.807) is 0 Å². The lowest BCUT2D eigenvalue weighted by atomic mass is 10.9. The number of aromatic nitrogens is 8. The smallest absolute Gasteiger partial charge is 0.257 e. The zero-order valence-electron chi connectivity index (χ0n) is 11.1. The van der Waals surface area contributed by atoms with E-state index in [9.17, 15) is 0 Å². The van der Waals surface area contributed by atoms with E-state index in [-0.39, 0.29) is 5.95 Å². The maximum atomic E-state index is 5.69. The van der Waals surface area contributed by atoms with Crippen LogP contribution < -0.4 is 10.6 Å². The Morgan fingerprint density at radius 2 is 2.10 bits per heavy atom. The summed E-state index contributed by atoms with van der Waals surface area (Å²) in [5.74, 6) is 0.412. The van der Waals surface area contributed by atoms with Crippen LogP contribution in [0, 0.1) is 0 Å². The summed E-state index contributed by atoms with van der Waals surface area (Å²) >= 11 is 2.70. The predicted molar refractivity (Wildman–Crippen MR) is 77.5 cm³/mol. The van der Waals surface area contributed by atoms with Crippen LogP contribution in [0.2, 0.25) is 0 Å². The van der Waals surface area contributed by atoms with Crippen LogP contribution in [-0.4, -0.2) is 54.0 Å². The molecule has 0 unspecified atom stereocenters. The van der Waals surface area contributed by atoms with Crippen molar-refractivity contribution in [2.75, 3.05) is 24.7 Å². The van der Waals surface area contributed by atoms with Gasteiger partial charge in [0.2, 0.25) is 16.2 Å². The SMILES string of the molecule is CN(C)c1nnc(Sc2nc(N)nc(-n3cncn3)n2)s1. The Morgan fingerprint density at radius 3 is 2.76 bits per heavy atom. The summed E-state index contributed by atoms with van der Waals surface area (Å²) in [7, 11) is 3.80. The second-order valence-corrected chi connectivity index (χ2v) is 6.13. The predicted octanol–water partition coefficient (Wildman–Crippen LogP) is 0.103. The van der Waals surface area contributed by atoms with Gasteiger partial charge in [0, 0.05) is 14.1 Å². The largest absolute Gasteiger partial charge is 0.368 e. The Hall–Kier alpha value is -2.34. The summed E-state index contributed by atoms with van der Waals surface area (Å²) in [4.78, 5) is 18.1. The van der Waals surface area contributed by atoms with Gasteiger partial charge in [-0.25, -0.2) is 4.98 Å². The van der Waals surface area contributed by atoms with Crippen LogP contribution in [0.25, 0.3) is 5.95 Å². The molecule has 12 heteroatoms. The third kappa shape index (κ3) is 3.05. The quantitative estimate of drug-likeness (QED) is 0.707.